The lowest BCUT2D eigenvalue weighted by molar-refractivity contribution is 0.0965. The third-order valence-corrected chi connectivity index (χ3v) is 5.42. The van der Waals surface area contributed by atoms with Crippen molar-refractivity contribution in [3.8, 4) is 17.2 Å². The van der Waals surface area contributed by atoms with Crippen molar-refractivity contribution in [1.29, 1.82) is 0 Å². The van der Waals surface area contributed by atoms with Crippen LogP contribution >= 0.6 is 24.0 Å². The molecule has 4 N–H and O–H groups in total. The molecule has 32 heavy (non-hydrogen) atoms. The highest BCUT2D eigenvalue weighted by Crippen LogP contribution is 2.33. The van der Waals surface area contributed by atoms with Crippen LogP contribution in [0.2, 0.25) is 5.02 Å². The predicted octanol–water partition coefficient (Wildman–Crippen LogP) is 5.31. The van der Waals surface area contributed by atoms with Gasteiger partial charge in [0.05, 0.1) is 18.8 Å². The van der Waals surface area contributed by atoms with Gasteiger partial charge in [0.2, 0.25) is 0 Å². The Hall–Kier alpha value is -2.28. The van der Waals surface area contributed by atoms with E-state index in [4.69, 9.17) is 31.9 Å². The summed E-state index contributed by atoms with van der Waals surface area (Å²) in [6, 6.07) is 22.2. The van der Waals surface area contributed by atoms with Crippen molar-refractivity contribution >= 4 is 24.0 Å². The zero-order valence-electron chi connectivity index (χ0n) is 17.9. The first-order valence-electron chi connectivity index (χ1n) is 10.2. The summed E-state index contributed by atoms with van der Waals surface area (Å²) in [6.45, 7) is 2.18. The number of nitrogens with two attached hydrogens (primary N) is 1. The Labute approximate surface area is 200 Å². The van der Waals surface area contributed by atoms with E-state index in [-0.39, 0.29) is 24.9 Å². The first kappa shape index (κ1) is 26.0. The van der Waals surface area contributed by atoms with E-state index in [1.165, 1.54) is 0 Å². The molecule has 0 amide bonds. The maximum atomic E-state index is 10.1. The lowest BCUT2D eigenvalue weighted by Gasteiger charge is -2.21. The number of hydrogen-bond acceptors (Lipinski definition) is 5. The summed E-state index contributed by atoms with van der Waals surface area (Å²) < 4.78 is 11.8. The Morgan fingerprint density at radius 2 is 1.62 bits per heavy atom. The molecule has 7 heteroatoms. The van der Waals surface area contributed by atoms with Gasteiger partial charge in [-0.3, -0.25) is 0 Å². The van der Waals surface area contributed by atoms with Gasteiger partial charge in [-0.25, -0.2) is 0 Å². The van der Waals surface area contributed by atoms with E-state index in [2.05, 4.69) is 0 Å². The summed E-state index contributed by atoms with van der Waals surface area (Å²) in [4.78, 5) is 0. The fourth-order valence-corrected chi connectivity index (χ4v) is 3.62. The average molecular weight is 478 g/mol. The van der Waals surface area contributed by atoms with Gasteiger partial charge in [0.25, 0.3) is 0 Å². The minimum atomic E-state index is -0.800. The quantitative estimate of drug-likeness (QED) is 0.368. The molecule has 3 rings (SSSR count). The summed E-state index contributed by atoms with van der Waals surface area (Å²) >= 11 is 6.47. The van der Waals surface area contributed by atoms with Crippen molar-refractivity contribution < 1.29 is 19.7 Å². The van der Waals surface area contributed by atoms with Gasteiger partial charge in [0.15, 0.2) is 0 Å². The summed E-state index contributed by atoms with van der Waals surface area (Å²) in [6.07, 6.45) is -0.395. The van der Waals surface area contributed by atoms with Crippen molar-refractivity contribution in [3.05, 3.63) is 88.9 Å². The molecule has 3 aromatic rings. The second-order valence-electron chi connectivity index (χ2n) is 7.59. The van der Waals surface area contributed by atoms with Gasteiger partial charge >= 0.3 is 0 Å². The molecule has 0 aromatic heterocycles. The van der Waals surface area contributed by atoms with Crippen LogP contribution in [0.15, 0.2) is 72.8 Å². The molecule has 3 aromatic carbocycles. The largest absolute Gasteiger partial charge is 0.489 e. The van der Waals surface area contributed by atoms with E-state index in [1.807, 2.05) is 73.7 Å². The zero-order valence-corrected chi connectivity index (χ0v) is 19.4. The third kappa shape index (κ3) is 7.40. The first-order valence-corrected chi connectivity index (χ1v) is 10.6. The van der Waals surface area contributed by atoms with Gasteiger partial charge in [-0.2, -0.15) is 0 Å². The van der Waals surface area contributed by atoms with E-state index < -0.39 is 12.1 Å². The van der Waals surface area contributed by atoms with Crippen LogP contribution in [0, 0.1) is 0 Å². The summed E-state index contributed by atoms with van der Waals surface area (Å²) in [5.74, 6) is 1.94. The van der Waals surface area contributed by atoms with Crippen LogP contribution in [0.3, 0.4) is 0 Å². The molecule has 3 atom stereocenters. The maximum Gasteiger partial charge on any atom is 0.131 e. The molecule has 0 fully saturated rings. The van der Waals surface area contributed by atoms with Crippen LogP contribution < -0.4 is 15.2 Å². The van der Waals surface area contributed by atoms with E-state index in [0.29, 0.717) is 35.3 Å². The predicted molar refractivity (Wildman–Crippen MR) is 130 cm³/mol. The van der Waals surface area contributed by atoms with Crippen LogP contribution in [0.4, 0.5) is 0 Å². The highest BCUT2D eigenvalue weighted by Gasteiger charge is 2.20. The van der Waals surface area contributed by atoms with Gasteiger partial charge in [0, 0.05) is 11.1 Å². The Bertz CT molecular complexity index is 971. The molecule has 172 valence electrons. The van der Waals surface area contributed by atoms with Crippen LogP contribution in [0.1, 0.15) is 30.4 Å². The second kappa shape index (κ2) is 12.7. The monoisotopic (exact) mass is 477 g/mol. The number of benzene rings is 3. The molecule has 0 aliphatic rings. The van der Waals surface area contributed by atoms with E-state index in [9.17, 15) is 5.11 Å². The molecule has 0 radical (unpaired) electrons. The first-order chi connectivity index (χ1) is 15.0. The molecule has 0 aliphatic carbocycles. The number of rotatable bonds is 10. The molecule has 0 spiro atoms. The number of ether oxygens (including phenoxy) is 2. The van der Waals surface area contributed by atoms with E-state index in [0.717, 1.165) is 11.1 Å². The van der Waals surface area contributed by atoms with Gasteiger partial charge in [-0.15, -0.1) is 12.4 Å². The summed E-state index contributed by atoms with van der Waals surface area (Å²) in [7, 11) is 0. The zero-order chi connectivity index (χ0) is 22.2. The van der Waals surface area contributed by atoms with E-state index in [1.54, 1.807) is 6.07 Å². The van der Waals surface area contributed by atoms with Crippen molar-refractivity contribution in [2.24, 2.45) is 5.73 Å². The number of halogens is 2. The van der Waals surface area contributed by atoms with Gasteiger partial charge in [-0.05, 0) is 47.7 Å². The minimum Gasteiger partial charge on any atom is -0.489 e. The highest BCUT2D eigenvalue weighted by atomic mass is 35.5. The van der Waals surface area contributed by atoms with Crippen molar-refractivity contribution in [2.45, 2.75) is 38.0 Å². The lowest BCUT2D eigenvalue weighted by Crippen LogP contribution is -2.38. The van der Waals surface area contributed by atoms with E-state index >= 15 is 0 Å². The fourth-order valence-electron chi connectivity index (χ4n) is 3.26. The average Bonchev–Trinajstić information content (AvgIpc) is 2.78. The van der Waals surface area contributed by atoms with Crippen LogP contribution in [0.25, 0.3) is 0 Å². The number of hydrogen-bond donors (Lipinski definition) is 3. The normalized spacial score (nSPS) is 13.5. The molecule has 5 nitrogen and oxygen atoms in total. The second-order valence-corrected chi connectivity index (χ2v) is 7.99. The van der Waals surface area contributed by atoms with Crippen molar-refractivity contribution in [2.75, 3.05) is 6.61 Å². The van der Waals surface area contributed by atoms with Gasteiger partial charge in [0.1, 0.15) is 23.9 Å². The Balaban J connectivity index is 0.00000363. The third-order valence-electron chi connectivity index (χ3n) is 5.09. The molecule has 0 saturated carbocycles. The maximum absolute atomic E-state index is 10.1. The minimum absolute atomic E-state index is 0. The Kier molecular flexibility index (Phi) is 10.3. The topological polar surface area (TPSA) is 84.9 Å². The number of aliphatic hydroxyl groups excluding tert-OH is 2. The fraction of sp³-hybridized carbons (Fsp3) is 0.280. The lowest BCUT2D eigenvalue weighted by atomic mass is 9.92. The van der Waals surface area contributed by atoms with Gasteiger partial charge < -0.3 is 25.4 Å². The van der Waals surface area contributed by atoms with Crippen LogP contribution in [-0.2, 0) is 6.61 Å². The van der Waals surface area contributed by atoms with Crippen molar-refractivity contribution in [3.63, 3.8) is 0 Å². The standard InChI is InChI=1S/C25H28ClNO4.ClH/c1-17(12-25(29)24(27)15-28)22-11-10-21(14-23(22)26)31-20-9-5-8-19(13-20)30-16-18-6-3-2-4-7-18;/h2-11,13-14,17,24-25,28-29H,12,15-16,27H2,1H3;1H. The van der Waals surface area contributed by atoms with Crippen molar-refractivity contribution in [1.82, 2.24) is 0 Å². The Morgan fingerprint density at radius 3 is 2.31 bits per heavy atom. The molecule has 0 heterocycles. The highest BCUT2D eigenvalue weighted by molar-refractivity contribution is 6.31. The molecule has 0 saturated heterocycles. The molecule has 0 aliphatic heterocycles. The van der Waals surface area contributed by atoms with Gasteiger partial charge in [-0.1, -0.05) is 61.0 Å². The molecule has 0 bridgehead atoms. The number of aliphatic hydroxyl groups is 2. The smallest absolute Gasteiger partial charge is 0.131 e. The molecule has 3 unspecified atom stereocenters. The van der Waals surface area contributed by atoms with Crippen LogP contribution in [-0.4, -0.2) is 29.0 Å². The summed E-state index contributed by atoms with van der Waals surface area (Å²) in [5, 5.41) is 19.7. The molecular weight excluding hydrogens is 449 g/mol. The van der Waals surface area contributed by atoms with Crippen LogP contribution in [0.5, 0.6) is 17.2 Å². The summed E-state index contributed by atoms with van der Waals surface area (Å²) in [5.41, 5.74) is 7.67. The Morgan fingerprint density at radius 1 is 0.938 bits per heavy atom. The molecular formula is C25H29Cl2NO4. The SMILES string of the molecule is CC(CC(O)C(N)CO)c1ccc(Oc2cccc(OCc3ccccc3)c2)cc1Cl.Cl.